The molecule has 2 aromatic heterocycles. The van der Waals surface area contributed by atoms with Gasteiger partial charge in [-0.15, -0.1) is 0 Å². The van der Waals surface area contributed by atoms with Gasteiger partial charge in [0.15, 0.2) is 5.65 Å². The predicted molar refractivity (Wildman–Crippen MR) is 85.8 cm³/mol. The third-order valence-electron chi connectivity index (χ3n) is 3.37. The highest BCUT2D eigenvalue weighted by Gasteiger charge is 2.14. The van der Waals surface area contributed by atoms with Crippen LogP contribution >= 0.6 is 23.2 Å². The topological polar surface area (TPSA) is 59.4 Å². The van der Waals surface area contributed by atoms with Gasteiger partial charge in [-0.2, -0.15) is 0 Å². The summed E-state index contributed by atoms with van der Waals surface area (Å²) in [5, 5.41) is 3.80. The number of nitrogens with one attached hydrogen (secondary N) is 1. The van der Waals surface area contributed by atoms with Gasteiger partial charge in [0.25, 0.3) is 5.56 Å². The molecule has 1 aromatic carbocycles. The fourth-order valence-corrected chi connectivity index (χ4v) is 2.65. The summed E-state index contributed by atoms with van der Waals surface area (Å²) in [6.45, 7) is 0.271. The molecule has 0 bridgehead atoms. The maximum absolute atomic E-state index is 12.6. The first-order valence-corrected chi connectivity index (χ1v) is 7.36. The molecule has 1 N–H and O–H groups in total. The van der Waals surface area contributed by atoms with Crippen LogP contribution in [0.25, 0.3) is 5.65 Å². The molecule has 3 rings (SSSR count). The molecule has 7 heteroatoms. The monoisotopic (exact) mass is 337 g/mol. The van der Waals surface area contributed by atoms with Gasteiger partial charge in [0.2, 0.25) is 0 Å². The molecule has 0 aliphatic rings. The number of aromatic amines is 1. The van der Waals surface area contributed by atoms with Gasteiger partial charge in [0.05, 0.1) is 22.3 Å². The highest BCUT2D eigenvalue weighted by Crippen LogP contribution is 2.24. The molecule has 0 amide bonds. The Bertz CT molecular complexity index is 886. The Hall–Kier alpha value is -1.82. The molecule has 2 heterocycles. The number of nitrogens with zero attached hydrogens (tertiary/aromatic N) is 2. The Kier molecular flexibility index (Phi) is 4.20. The van der Waals surface area contributed by atoms with Crippen molar-refractivity contribution in [2.45, 2.75) is 13.0 Å². The van der Waals surface area contributed by atoms with Crippen molar-refractivity contribution in [1.82, 2.24) is 14.6 Å². The summed E-state index contributed by atoms with van der Waals surface area (Å²) in [5.41, 5.74) is 2.50. The van der Waals surface area contributed by atoms with Crippen molar-refractivity contribution in [2.75, 3.05) is 7.11 Å². The van der Waals surface area contributed by atoms with E-state index in [1.807, 2.05) is 6.07 Å². The van der Waals surface area contributed by atoms with Crippen molar-refractivity contribution in [1.29, 1.82) is 0 Å². The number of ether oxygens (including phenoxy) is 1. The van der Waals surface area contributed by atoms with E-state index in [2.05, 4.69) is 10.1 Å². The Morgan fingerprint density at radius 3 is 2.82 bits per heavy atom. The van der Waals surface area contributed by atoms with Crippen LogP contribution in [0.4, 0.5) is 0 Å². The van der Waals surface area contributed by atoms with Crippen LogP contribution in [0.15, 0.2) is 35.3 Å². The van der Waals surface area contributed by atoms with E-state index in [9.17, 15) is 4.79 Å². The number of fused-ring (bicyclic) bond motifs is 1. The molecule has 0 radical (unpaired) electrons. The second kappa shape index (κ2) is 6.12. The number of H-pyrrole nitrogens is 1. The number of rotatable bonds is 4. The van der Waals surface area contributed by atoms with Gasteiger partial charge in [-0.3, -0.25) is 9.89 Å². The third kappa shape index (κ3) is 2.75. The fourth-order valence-electron chi connectivity index (χ4n) is 2.33. The first kappa shape index (κ1) is 15.1. The lowest BCUT2D eigenvalue weighted by Gasteiger charge is -2.09. The number of hydrogen-bond acceptors (Lipinski definition) is 3. The molecule has 0 fully saturated rings. The molecule has 0 aliphatic carbocycles. The average molecular weight is 338 g/mol. The van der Waals surface area contributed by atoms with Crippen LogP contribution in [-0.4, -0.2) is 21.7 Å². The summed E-state index contributed by atoms with van der Waals surface area (Å²) in [7, 11) is 1.57. The fraction of sp³-hybridized carbons (Fsp3) is 0.200. The van der Waals surface area contributed by atoms with Crippen molar-refractivity contribution in [3.63, 3.8) is 0 Å². The van der Waals surface area contributed by atoms with Crippen LogP contribution in [0.3, 0.4) is 0 Å². The summed E-state index contributed by atoms with van der Waals surface area (Å²) in [6.07, 6.45) is 2.08. The lowest BCUT2D eigenvalue weighted by molar-refractivity contribution is 0.180. The lowest BCUT2D eigenvalue weighted by Crippen LogP contribution is -2.23. The van der Waals surface area contributed by atoms with E-state index in [-0.39, 0.29) is 12.2 Å². The summed E-state index contributed by atoms with van der Waals surface area (Å²) in [6, 6.07) is 7.05. The van der Waals surface area contributed by atoms with Gasteiger partial charge in [0, 0.05) is 31.4 Å². The van der Waals surface area contributed by atoms with Gasteiger partial charge in [-0.1, -0.05) is 29.3 Å². The lowest BCUT2D eigenvalue weighted by atomic mass is 10.0. The normalized spacial score (nSPS) is 11.2. The average Bonchev–Trinajstić information content (AvgIpc) is 2.95. The van der Waals surface area contributed by atoms with Gasteiger partial charge in [0.1, 0.15) is 0 Å². The zero-order valence-electron chi connectivity index (χ0n) is 11.8. The minimum absolute atomic E-state index is 0.145. The van der Waals surface area contributed by atoms with Crippen molar-refractivity contribution in [3.8, 4) is 0 Å². The van der Waals surface area contributed by atoms with E-state index in [0.29, 0.717) is 33.4 Å². The highest BCUT2D eigenvalue weighted by molar-refractivity contribution is 6.42. The minimum atomic E-state index is -0.145. The van der Waals surface area contributed by atoms with Crippen molar-refractivity contribution < 1.29 is 4.74 Å². The molecule has 22 heavy (non-hydrogen) atoms. The second-order valence-corrected chi connectivity index (χ2v) is 5.67. The maximum atomic E-state index is 12.6. The minimum Gasteiger partial charge on any atom is -0.378 e. The van der Waals surface area contributed by atoms with E-state index >= 15 is 0 Å². The first-order chi connectivity index (χ1) is 10.6. The zero-order chi connectivity index (χ0) is 15.7. The van der Waals surface area contributed by atoms with Crippen LogP contribution in [0.1, 0.15) is 16.8 Å². The predicted octanol–water partition coefficient (Wildman–Crippen LogP) is 3.07. The first-order valence-electron chi connectivity index (χ1n) is 6.61. The van der Waals surface area contributed by atoms with Gasteiger partial charge >= 0.3 is 0 Å². The van der Waals surface area contributed by atoms with Crippen LogP contribution in [0, 0.1) is 0 Å². The molecular weight excluding hydrogens is 325 g/mol. The van der Waals surface area contributed by atoms with E-state index in [0.717, 1.165) is 5.56 Å². The molecule has 0 atom stereocenters. The Balaban J connectivity index is 2.11. The quantitative estimate of drug-likeness (QED) is 0.795. The Labute approximate surface area is 136 Å². The van der Waals surface area contributed by atoms with Crippen LogP contribution in [-0.2, 0) is 17.8 Å². The summed E-state index contributed by atoms with van der Waals surface area (Å²) in [4.78, 5) is 17.1. The molecule has 0 aliphatic heterocycles. The maximum Gasteiger partial charge on any atom is 0.276 e. The van der Waals surface area contributed by atoms with Gasteiger partial charge in [-0.05, 0) is 17.7 Å². The molecular formula is C15H13Cl2N3O2. The molecule has 0 unspecified atom stereocenters. The largest absolute Gasteiger partial charge is 0.378 e. The second-order valence-electron chi connectivity index (χ2n) is 4.86. The number of benzene rings is 1. The van der Waals surface area contributed by atoms with E-state index in [4.69, 9.17) is 27.9 Å². The SMILES string of the molecule is COCc1nc2cc[nH]n2c(=O)c1Cc1ccc(Cl)c(Cl)c1. The van der Waals surface area contributed by atoms with Crippen molar-refractivity contribution in [3.05, 3.63) is 67.7 Å². The Morgan fingerprint density at radius 1 is 1.27 bits per heavy atom. The summed E-state index contributed by atoms with van der Waals surface area (Å²) < 4.78 is 6.57. The number of hydrogen-bond donors (Lipinski definition) is 1. The standard InChI is InChI=1S/C15H13Cl2N3O2/c1-22-8-13-10(6-9-2-3-11(16)12(17)7-9)15(21)20-14(19-13)4-5-18-20/h2-5,7,18H,6,8H2,1H3. The molecule has 0 saturated heterocycles. The molecule has 3 aromatic rings. The number of aromatic nitrogens is 3. The highest BCUT2D eigenvalue weighted by atomic mass is 35.5. The van der Waals surface area contributed by atoms with E-state index in [1.165, 1.54) is 4.52 Å². The zero-order valence-corrected chi connectivity index (χ0v) is 13.3. The van der Waals surface area contributed by atoms with Crippen molar-refractivity contribution >= 4 is 28.8 Å². The van der Waals surface area contributed by atoms with E-state index < -0.39 is 0 Å². The van der Waals surface area contributed by atoms with Crippen molar-refractivity contribution in [2.24, 2.45) is 0 Å². The summed E-state index contributed by atoms with van der Waals surface area (Å²) in [5.74, 6) is 0. The Morgan fingerprint density at radius 2 is 2.09 bits per heavy atom. The number of halogens is 2. The molecule has 5 nitrogen and oxygen atoms in total. The van der Waals surface area contributed by atoms with E-state index in [1.54, 1.807) is 31.5 Å². The summed E-state index contributed by atoms with van der Waals surface area (Å²) >= 11 is 12.0. The molecule has 0 saturated carbocycles. The van der Waals surface area contributed by atoms with Gasteiger partial charge < -0.3 is 4.74 Å². The number of methoxy groups -OCH3 is 1. The van der Waals surface area contributed by atoms with Gasteiger partial charge in [-0.25, -0.2) is 9.50 Å². The smallest absolute Gasteiger partial charge is 0.276 e. The van der Waals surface area contributed by atoms with Crippen LogP contribution < -0.4 is 5.56 Å². The van der Waals surface area contributed by atoms with Crippen LogP contribution in [0.2, 0.25) is 10.0 Å². The molecule has 114 valence electrons. The molecule has 0 spiro atoms. The third-order valence-corrected chi connectivity index (χ3v) is 4.11. The van der Waals surface area contributed by atoms with Crippen LogP contribution in [0.5, 0.6) is 0 Å².